The van der Waals surface area contributed by atoms with E-state index in [-0.39, 0.29) is 12.5 Å². The monoisotopic (exact) mass is 397 g/mol. The number of carbonyl (C=O) groups is 2. The van der Waals surface area contributed by atoms with Crippen LogP contribution in [0.25, 0.3) is 20.4 Å². The molecule has 136 valence electrons. The molecule has 0 spiro atoms. The molecule has 4 aromatic rings. The summed E-state index contributed by atoms with van der Waals surface area (Å²) in [7, 11) is 0. The number of benzene rings is 2. The molecule has 0 saturated heterocycles. The molecule has 2 heterocycles. The van der Waals surface area contributed by atoms with Crippen molar-refractivity contribution in [1.82, 2.24) is 9.55 Å². The van der Waals surface area contributed by atoms with Gasteiger partial charge in [0.1, 0.15) is 6.54 Å². The molecule has 0 aliphatic rings. The summed E-state index contributed by atoms with van der Waals surface area (Å²) in [6.45, 7) is 2.07. The summed E-state index contributed by atoms with van der Waals surface area (Å²) in [5, 5.41) is 0.330. The molecule has 27 heavy (non-hydrogen) atoms. The van der Waals surface area contributed by atoms with Crippen molar-refractivity contribution < 1.29 is 14.3 Å². The number of rotatable bonds is 4. The molecule has 0 saturated carbocycles. The van der Waals surface area contributed by atoms with E-state index in [4.69, 9.17) is 4.74 Å². The highest BCUT2D eigenvalue weighted by Gasteiger charge is 2.15. The smallest absolute Gasteiger partial charge is 0.326 e. The van der Waals surface area contributed by atoms with Crippen molar-refractivity contribution >= 4 is 55.0 Å². The molecule has 0 N–H and O–H groups in total. The van der Waals surface area contributed by atoms with Gasteiger partial charge in [-0.05, 0) is 31.2 Å². The Hall–Kier alpha value is -2.84. The Labute approximate surface area is 162 Å². The minimum Gasteiger partial charge on any atom is -0.465 e. The Bertz CT molecular complexity index is 1190. The third-order valence-corrected chi connectivity index (χ3v) is 5.94. The van der Waals surface area contributed by atoms with Crippen LogP contribution in [0.2, 0.25) is 0 Å². The van der Waals surface area contributed by atoms with Crippen LogP contribution < -0.4 is 4.80 Å². The van der Waals surface area contributed by atoms with Gasteiger partial charge in [0.05, 0.1) is 27.0 Å². The molecule has 0 bridgehead atoms. The maximum absolute atomic E-state index is 12.7. The van der Waals surface area contributed by atoms with Crippen molar-refractivity contribution in [2.24, 2.45) is 4.99 Å². The Balaban J connectivity index is 1.79. The van der Waals surface area contributed by atoms with Crippen LogP contribution in [0, 0.1) is 0 Å². The summed E-state index contributed by atoms with van der Waals surface area (Å²) in [4.78, 5) is 33.8. The highest BCUT2D eigenvalue weighted by molar-refractivity contribution is 7.20. The number of amides is 1. The molecule has 8 heteroatoms. The first-order valence-electron chi connectivity index (χ1n) is 8.34. The summed E-state index contributed by atoms with van der Waals surface area (Å²) in [6, 6.07) is 15.2. The van der Waals surface area contributed by atoms with Gasteiger partial charge in [0.15, 0.2) is 9.81 Å². The largest absolute Gasteiger partial charge is 0.465 e. The molecule has 0 aliphatic heterocycles. The quantitative estimate of drug-likeness (QED) is 0.493. The number of ether oxygens (including phenoxy) is 1. The Kier molecular flexibility index (Phi) is 4.83. The van der Waals surface area contributed by atoms with E-state index in [1.165, 1.54) is 22.7 Å². The van der Waals surface area contributed by atoms with E-state index >= 15 is 0 Å². The van der Waals surface area contributed by atoms with Crippen molar-refractivity contribution in [2.75, 3.05) is 6.61 Å². The summed E-state index contributed by atoms with van der Waals surface area (Å²) in [6.07, 6.45) is 0. The second kappa shape index (κ2) is 7.42. The maximum Gasteiger partial charge on any atom is 0.326 e. The van der Waals surface area contributed by atoms with Gasteiger partial charge in [0.2, 0.25) is 0 Å². The zero-order valence-electron chi connectivity index (χ0n) is 14.4. The van der Waals surface area contributed by atoms with Crippen molar-refractivity contribution in [3.63, 3.8) is 0 Å². The maximum atomic E-state index is 12.7. The molecule has 0 aliphatic carbocycles. The van der Waals surface area contributed by atoms with Crippen LogP contribution >= 0.6 is 22.7 Å². The summed E-state index contributed by atoms with van der Waals surface area (Å²) < 4.78 is 8.65. The van der Waals surface area contributed by atoms with Crippen LogP contribution in [0.1, 0.15) is 16.7 Å². The van der Waals surface area contributed by atoms with E-state index in [9.17, 15) is 9.59 Å². The highest BCUT2D eigenvalue weighted by Crippen LogP contribution is 2.22. The SMILES string of the molecule is CCOC(=O)Cn1c(=NC(=O)c2nc3ccccc3s2)sc2ccccc21. The van der Waals surface area contributed by atoms with E-state index in [1.54, 1.807) is 11.5 Å². The Morgan fingerprint density at radius 1 is 1.07 bits per heavy atom. The molecule has 2 aromatic heterocycles. The van der Waals surface area contributed by atoms with Crippen molar-refractivity contribution in [3.8, 4) is 0 Å². The van der Waals surface area contributed by atoms with Crippen LogP contribution in [-0.2, 0) is 16.1 Å². The standard InChI is InChI=1S/C19H15N3O3S2/c1-2-25-16(23)11-22-13-8-4-6-10-15(13)27-19(22)21-17(24)18-20-12-7-3-5-9-14(12)26-18/h3-10H,2,11H2,1H3. The average Bonchev–Trinajstić information content (AvgIpc) is 3.24. The fourth-order valence-electron chi connectivity index (χ4n) is 2.69. The third-order valence-electron chi connectivity index (χ3n) is 3.85. The van der Waals surface area contributed by atoms with Gasteiger partial charge in [-0.3, -0.25) is 9.59 Å². The lowest BCUT2D eigenvalue weighted by Gasteiger charge is -2.04. The van der Waals surface area contributed by atoms with Gasteiger partial charge in [0, 0.05) is 0 Å². The predicted octanol–water partition coefficient (Wildman–Crippen LogP) is 3.62. The molecular weight excluding hydrogens is 382 g/mol. The van der Waals surface area contributed by atoms with Gasteiger partial charge in [0.25, 0.3) is 0 Å². The van der Waals surface area contributed by atoms with Crippen LogP contribution in [0.5, 0.6) is 0 Å². The van der Waals surface area contributed by atoms with Crippen LogP contribution in [0.15, 0.2) is 53.5 Å². The van der Waals surface area contributed by atoms with Crippen molar-refractivity contribution in [1.29, 1.82) is 0 Å². The van der Waals surface area contributed by atoms with Crippen LogP contribution in [0.3, 0.4) is 0 Å². The number of esters is 1. The Morgan fingerprint density at radius 2 is 1.81 bits per heavy atom. The number of aromatic nitrogens is 2. The molecule has 0 fully saturated rings. The summed E-state index contributed by atoms with van der Waals surface area (Å²) >= 11 is 2.67. The van der Waals surface area contributed by atoms with E-state index in [0.717, 1.165) is 20.4 Å². The molecule has 1 amide bonds. The lowest BCUT2D eigenvalue weighted by Crippen LogP contribution is -2.23. The number of fused-ring (bicyclic) bond motifs is 2. The van der Waals surface area contributed by atoms with Crippen molar-refractivity contribution in [2.45, 2.75) is 13.5 Å². The fraction of sp³-hybridized carbons (Fsp3) is 0.158. The minimum absolute atomic E-state index is 0.00378. The highest BCUT2D eigenvalue weighted by atomic mass is 32.1. The van der Waals surface area contributed by atoms with E-state index in [2.05, 4.69) is 9.98 Å². The fourth-order valence-corrected chi connectivity index (χ4v) is 4.57. The molecule has 2 aromatic carbocycles. The number of para-hydroxylation sites is 2. The lowest BCUT2D eigenvalue weighted by atomic mass is 10.3. The minimum atomic E-state index is -0.416. The van der Waals surface area contributed by atoms with Gasteiger partial charge < -0.3 is 9.30 Å². The number of hydrogen-bond acceptors (Lipinski definition) is 6. The summed E-state index contributed by atoms with van der Waals surface area (Å²) in [5.41, 5.74) is 1.61. The van der Waals surface area contributed by atoms with Gasteiger partial charge in [-0.15, -0.1) is 11.3 Å². The first-order valence-corrected chi connectivity index (χ1v) is 9.97. The normalized spacial score (nSPS) is 12.0. The molecule has 4 rings (SSSR count). The first-order chi connectivity index (χ1) is 13.2. The third kappa shape index (κ3) is 3.54. The van der Waals surface area contributed by atoms with E-state index < -0.39 is 5.91 Å². The topological polar surface area (TPSA) is 73.6 Å². The average molecular weight is 397 g/mol. The molecule has 0 atom stereocenters. The second-order valence-corrected chi connectivity index (χ2v) is 7.69. The number of thiazole rings is 2. The van der Waals surface area contributed by atoms with E-state index in [0.29, 0.717) is 16.4 Å². The van der Waals surface area contributed by atoms with Gasteiger partial charge in [-0.1, -0.05) is 35.6 Å². The molecule has 6 nitrogen and oxygen atoms in total. The predicted molar refractivity (Wildman–Crippen MR) is 106 cm³/mol. The Morgan fingerprint density at radius 3 is 2.59 bits per heavy atom. The van der Waals surface area contributed by atoms with Crippen LogP contribution in [-0.4, -0.2) is 28.0 Å². The zero-order valence-corrected chi connectivity index (χ0v) is 16.0. The van der Waals surface area contributed by atoms with Crippen molar-refractivity contribution in [3.05, 3.63) is 58.3 Å². The second-order valence-electron chi connectivity index (χ2n) is 5.65. The summed E-state index contributed by atoms with van der Waals surface area (Å²) in [5.74, 6) is -0.782. The zero-order chi connectivity index (χ0) is 18.8. The molecule has 0 unspecified atom stereocenters. The van der Waals surface area contributed by atoms with Gasteiger partial charge in [-0.2, -0.15) is 4.99 Å². The number of nitrogens with zero attached hydrogens (tertiary/aromatic N) is 3. The van der Waals surface area contributed by atoms with Gasteiger partial charge >= 0.3 is 11.9 Å². The van der Waals surface area contributed by atoms with Crippen LogP contribution in [0.4, 0.5) is 0 Å². The first kappa shape index (κ1) is 17.6. The molecule has 0 radical (unpaired) electrons. The van der Waals surface area contributed by atoms with Gasteiger partial charge in [-0.25, -0.2) is 4.98 Å². The molecular formula is C19H15N3O3S2. The van der Waals surface area contributed by atoms with E-state index in [1.807, 2.05) is 48.5 Å². The number of carbonyl (C=O) groups excluding carboxylic acids is 2. The number of hydrogen-bond donors (Lipinski definition) is 0. The lowest BCUT2D eigenvalue weighted by molar-refractivity contribution is -0.143.